The van der Waals surface area contributed by atoms with Crippen molar-refractivity contribution in [3.63, 3.8) is 0 Å². The Morgan fingerprint density at radius 3 is 1.42 bits per heavy atom. The van der Waals surface area contributed by atoms with Crippen LogP contribution in [0.2, 0.25) is 0 Å². The van der Waals surface area contributed by atoms with E-state index in [0.717, 1.165) is 0 Å². The van der Waals surface area contributed by atoms with Crippen molar-refractivity contribution in [3.8, 4) is 0 Å². The topological polar surface area (TPSA) is 55.4 Å². The number of fused-ring (bicyclic) bond motifs is 2. The lowest BCUT2D eigenvalue weighted by atomic mass is 10.1. The summed E-state index contributed by atoms with van der Waals surface area (Å²) in [6, 6.07) is 0. The van der Waals surface area contributed by atoms with Crippen molar-refractivity contribution in [2.75, 3.05) is 13.2 Å². The smallest absolute Gasteiger partial charge is 0.188 e. The highest BCUT2D eigenvalue weighted by molar-refractivity contribution is 5.05. The second-order valence-corrected chi connectivity index (χ2v) is 5.78. The van der Waals surface area contributed by atoms with Crippen LogP contribution in [0.1, 0.15) is 0 Å². The zero-order valence-electron chi connectivity index (χ0n) is 13.6. The molecule has 3 rings (SSSR count). The van der Waals surface area contributed by atoms with Crippen molar-refractivity contribution in [1.29, 1.82) is 0 Å². The van der Waals surface area contributed by atoms with Crippen LogP contribution in [0.3, 0.4) is 0 Å². The molecule has 0 aromatic heterocycles. The highest BCUT2D eigenvalue weighted by Crippen LogP contribution is 2.40. The van der Waals surface area contributed by atoms with Crippen LogP contribution in [0.5, 0.6) is 0 Å². The first-order chi connectivity index (χ1) is 11.7. The van der Waals surface area contributed by atoms with Crippen LogP contribution in [0.15, 0.2) is 50.6 Å². The van der Waals surface area contributed by atoms with Crippen LogP contribution in [-0.2, 0) is 28.4 Å². The lowest BCUT2D eigenvalue weighted by molar-refractivity contribution is -0.318. The minimum Gasteiger partial charge on any atom is -0.368 e. The van der Waals surface area contributed by atoms with Crippen LogP contribution >= 0.6 is 0 Å². The summed E-state index contributed by atoms with van der Waals surface area (Å²) in [7, 11) is 0. The van der Waals surface area contributed by atoms with Gasteiger partial charge in [-0.3, -0.25) is 0 Å². The average Bonchev–Trinajstić information content (AvgIpc) is 3.12. The Morgan fingerprint density at radius 1 is 0.667 bits per heavy atom. The molecule has 3 aliphatic heterocycles. The van der Waals surface area contributed by atoms with E-state index in [1.165, 1.54) is 0 Å². The van der Waals surface area contributed by atoms with Crippen molar-refractivity contribution in [2.45, 2.75) is 49.2 Å². The third kappa shape index (κ3) is 3.13. The van der Waals surface area contributed by atoms with Gasteiger partial charge in [0.25, 0.3) is 0 Å². The molecule has 8 atom stereocenters. The summed E-state index contributed by atoms with van der Waals surface area (Å²) >= 11 is 0. The Kier molecular flexibility index (Phi) is 5.65. The molecule has 0 bridgehead atoms. The lowest BCUT2D eigenvalue weighted by Gasteiger charge is -2.36. The van der Waals surface area contributed by atoms with E-state index < -0.39 is 24.8 Å². The van der Waals surface area contributed by atoms with Gasteiger partial charge in [-0.15, -0.1) is 26.3 Å². The molecule has 6 nitrogen and oxygen atoms in total. The monoisotopic (exact) mass is 336 g/mol. The van der Waals surface area contributed by atoms with Crippen LogP contribution < -0.4 is 0 Å². The largest absolute Gasteiger partial charge is 0.368 e. The van der Waals surface area contributed by atoms with Gasteiger partial charge in [0, 0.05) is 0 Å². The molecular weight excluding hydrogens is 312 g/mol. The van der Waals surface area contributed by atoms with E-state index in [1.807, 2.05) is 0 Å². The van der Waals surface area contributed by atoms with Crippen molar-refractivity contribution in [1.82, 2.24) is 0 Å². The Hall–Kier alpha value is -1.28. The highest BCUT2D eigenvalue weighted by atomic mass is 16.8. The van der Waals surface area contributed by atoms with E-state index in [1.54, 1.807) is 24.3 Å². The molecule has 3 heterocycles. The highest BCUT2D eigenvalue weighted by Gasteiger charge is 2.58. The first kappa shape index (κ1) is 17.5. The molecule has 3 aliphatic rings. The summed E-state index contributed by atoms with van der Waals surface area (Å²) in [5, 5.41) is 0. The number of ether oxygens (including phenoxy) is 6. The van der Waals surface area contributed by atoms with Crippen molar-refractivity contribution in [2.24, 2.45) is 0 Å². The van der Waals surface area contributed by atoms with Gasteiger partial charge in [0.15, 0.2) is 12.6 Å². The minimum atomic E-state index is -0.564. The van der Waals surface area contributed by atoms with Gasteiger partial charge in [0.1, 0.15) is 36.6 Å². The van der Waals surface area contributed by atoms with Crippen LogP contribution in [0, 0.1) is 0 Å². The predicted octanol–water partition coefficient (Wildman–Crippen LogP) is 1.73. The van der Waals surface area contributed by atoms with E-state index in [2.05, 4.69) is 26.3 Å². The van der Waals surface area contributed by atoms with Gasteiger partial charge >= 0.3 is 0 Å². The molecule has 24 heavy (non-hydrogen) atoms. The maximum atomic E-state index is 6.09. The summed E-state index contributed by atoms with van der Waals surface area (Å²) in [5.41, 5.74) is 0. The molecule has 0 aliphatic carbocycles. The maximum Gasteiger partial charge on any atom is 0.188 e. The van der Waals surface area contributed by atoms with Gasteiger partial charge in [-0.2, -0.15) is 0 Å². The molecule has 0 radical (unpaired) electrons. The van der Waals surface area contributed by atoms with Crippen molar-refractivity contribution in [3.05, 3.63) is 50.6 Å². The molecule has 0 saturated carbocycles. The molecule has 6 heteroatoms. The lowest BCUT2D eigenvalue weighted by Crippen LogP contribution is -2.52. The van der Waals surface area contributed by atoms with Gasteiger partial charge in [-0.05, 0) is 0 Å². The Morgan fingerprint density at radius 2 is 1.08 bits per heavy atom. The number of rotatable bonds is 8. The first-order valence-corrected chi connectivity index (χ1v) is 8.05. The molecule has 0 amide bonds. The second kappa shape index (κ2) is 7.74. The first-order valence-electron chi connectivity index (χ1n) is 8.05. The summed E-state index contributed by atoms with van der Waals surface area (Å²) in [6.45, 7) is 15.7. The van der Waals surface area contributed by atoms with E-state index in [4.69, 9.17) is 28.4 Å². The molecule has 0 N–H and O–H groups in total. The zero-order valence-corrected chi connectivity index (χ0v) is 13.6. The molecule has 0 aromatic carbocycles. The molecule has 3 fully saturated rings. The van der Waals surface area contributed by atoms with E-state index in [0.29, 0.717) is 13.2 Å². The Balaban J connectivity index is 1.73. The second-order valence-electron chi connectivity index (χ2n) is 5.78. The quantitative estimate of drug-likeness (QED) is 0.629. The third-order valence-corrected chi connectivity index (χ3v) is 4.27. The fourth-order valence-corrected chi connectivity index (χ4v) is 3.23. The van der Waals surface area contributed by atoms with E-state index >= 15 is 0 Å². The Labute approximate surface area is 142 Å². The summed E-state index contributed by atoms with van der Waals surface area (Å²) in [6.07, 6.45) is 3.51. The van der Waals surface area contributed by atoms with Crippen molar-refractivity contribution < 1.29 is 28.4 Å². The normalized spacial score (nSPS) is 43.7. The molecule has 0 spiro atoms. The molecule has 132 valence electrons. The molecule has 0 unspecified atom stereocenters. The minimum absolute atomic E-state index is 0.318. The predicted molar refractivity (Wildman–Crippen MR) is 87.3 cm³/mol. The van der Waals surface area contributed by atoms with Crippen LogP contribution in [0.4, 0.5) is 0 Å². The molecule has 0 aromatic rings. The fraction of sp³-hybridized carbons (Fsp3) is 0.556. The summed E-state index contributed by atoms with van der Waals surface area (Å²) < 4.78 is 35.5. The molecule has 3 saturated heterocycles. The van der Waals surface area contributed by atoms with Gasteiger partial charge in [-0.25, -0.2) is 0 Å². The van der Waals surface area contributed by atoms with Crippen LogP contribution in [-0.4, -0.2) is 62.4 Å². The zero-order chi connectivity index (χ0) is 17.1. The maximum absolute atomic E-state index is 6.09. The third-order valence-electron chi connectivity index (χ3n) is 4.27. The van der Waals surface area contributed by atoms with Gasteiger partial charge < -0.3 is 28.4 Å². The Bertz CT molecular complexity index is 448. The number of hydrogen-bond donors (Lipinski definition) is 0. The van der Waals surface area contributed by atoms with E-state index in [9.17, 15) is 0 Å². The standard InChI is InChI=1S/C18H24O6/c1-5-9-19-13-11(7-3)21-17-15(13)23-18-16(24-17)14(20-10-6-2)12(8-4)22-18/h5-8,11-18H,1-4,9-10H2/t11-,12-,13+,14+,15-,16-,17-,18-/m1/s1. The summed E-state index contributed by atoms with van der Waals surface area (Å²) in [5.74, 6) is 0. The number of hydrogen-bond acceptors (Lipinski definition) is 6. The fourth-order valence-electron chi connectivity index (χ4n) is 3.23. The van der Waals surface area contributed by atoms with Gasteiger partial charge in [-0.1, -0.05) is 24.3 Å². The van der Waals surface area contributed by atoms with Gasteiger partial charge in [0.2, 0.25) is 0 Å². The summed E-state index contributed by atoms with van der Waals surface area (Å²) in [4.78, 5) is 0. The molecular formula is C18H24O6. The van der Waals surface area contributed by atoms with E-state index in [-0.39, 0.29) is 24.4 Å². The SMILES string of the molecule is C=CCO[C@@H]1[C@H]2O[C@H]3O[C@H](C=C)[C@H](OCC=C)[C@H]3O[C@H]2O[C@@H]1C=C. The average molecular weight is 336 g/mol. The van der Waals surface area contributed by atoms with Gasteiger partial charge in [0.05, 0.1) is 13.2 Å². The van der Waals surface area contributed by atoms with Crippen molar-refractivity contribution >= 4 is 0 Å². The van der Waals surface area contributed by atoms with Crippen LogP contribution in [0.25, 0.3) is 0 Å².